The van der Waals surface area contributed by atoms with Crippen molar-refractivity contribution >= 4 is 11.7 Å². The van der Waals surface area contributed by atoms with Crippen molar-refractivity contribution in [3.63, 3.8) is 0 Å². The van der Waals surface area contributed by atoms with Gasteiger partial charge in [-0.2, -0.15) is 0 Å². The van der Waals surface area contributed by atoms with Gasteiger partial charge in [-0.05, 0) is 30.0 Å². The number of aryl methyl sites for hydroxylation is 2. The first kappa shape index (κ1) is 15.1. The third kappa shape index (κ3) is 3.85. The summed E-state index contributed by atoms with van der Waals surface area (Å²) in [6.45, 7) is 4.08. The number of rotatable bonds is 6. The van der Waals surface area contributed by atoms with Crippen molar-refractivity contribution in [1.29, 1.82) is 0 Å². The fourth-order valence-electron chi connectivity index (χ4n) is 2.45. The fraction of sp³-hybridized carbons (Fsp3) is 0.278. The van der Waals surface area contributed by atoms with Crippen molar-refractivity contribution in [3.8, 4) is 0 Å². The average Bonchev–Trinajstić information content (AvgIpc) is 2.49. The third-order valence-corrected chi connectivity index (χ3v) is 3.64. The summed E-state index contributed by atoms with van der Waals surface area (Å²) in [4.78, 5) is 11.6. The van der Waals surface area contributed by atoms with E-state index >= 15 is 0 Å². The molecule has 2 rings (SSSR count). The largest absolute Gasteiger partial charge is 0.480 e. The highest BCUT2D eigenvalue weighted by Gasteiger charge is 2.19. The molecule has 0 heterocycles. The molecule has 0 spiro atoms. The molecule has 0 fully saturated rings. The summed E-state index contributed by atoms with van der Waals surface area (Å²) >= 11 is 0. The van der Waals surface area contributed by atoms with Crippen LogP contribution in [0.4, 0.5) is 5.69 Å². The van der Waals surface area contributed by atoms with E-state index in [-0.39, 0.29) is 0 Å². The van der Waals surface area contributed by atoms with Crippen LogP contribution in [-0.2, 0) is 17.6 Å². The van der Waals surface area contributed by atoms with Gasteiger partial charge in [-0.15, -0.1) is 0 Å². The minimum atomic E-state index is -0.829. The summed E-state index contributed by atoms with van der Waals surface area (Å²) in [6, 6.07) is 15.1. The molecule has 3 heteroatoms. The molecule has 0 unspecified atom stereocenters. The van der Waals surface area contributed by atoms with Crippen LogP contribution in [0.3, 0.4) is 0 Å². The van der Waals surface area contributed by atoms with Crippen LogP contribution in [0.5, 0.6) is 0 Å². The Bertz CT molecular complexity index is 608. The predicted molar refractivity (Wildman–Crippen MR) is 85.7 cm³/mol. The lowest BCUT2D eigenvalue weighted by molar-refractivity contribution is -0.137. The van der Waals surface area contributed by atoms with Crippen molar-refractivity contribution < 1.29 is 9.90 Å². The van der Waals surface area contributed by atoms with E-state index in [2.05, 4.69) is 12.2 Å². The molecular formula is C18H21NO2. The molecule has 3 nitrogen and oxygen atoms in total. The first-order valence-electron chi connectivity index (χ1n) is 7.23. The van der Waals surface area contributed by atoms with E-state index < -0.39 is 12.0 Å². The van der Waals surface area contributed by atoms with Gasteiger partial charge in [-0.25, -0.2) is 4.79 Å². The van der Waals surface area contributed by atoms with Crippen molar-refractivity contribution in [3.05, 3.63) is 65.2 Å². The Morgan fingerprint density at radius 1 is 1.14 bits per heavy atom. The highest BCUT2D eigenvalue weighted by Crippen LogP contribution is 2.22. The van der Waals surface area contributed by atoms with Crippen LogP contribution in [0.15, 0.2) is 48.5 Å². The van der Waals surface area contributed by atoms with Gasteiger partial charge in [0.2, 0.25) is 0 Å². The molecule has 0 saturated heterocycles. The van der Waals surface area contributed by atoms with E-state index in [9.17, 15) is 9.90 Å². The number of hydrogen-bond acceptors (Lipinski definition) is 2. The van der Waals surface area contributed by atoms with Crippen molar-refractivity contribution in [2.24, 2.45) is 0 Å². The van der Waals surface area contributed by atoms with E-state index in [1.54, 1.807) is 0 Å². The summed E-state index contributed by atoms with van der Waals surface area (Å²) in [5, 5.41) is 12.7. The second kappa shape index (κ2) is 6.93. The Hall–Kier alpha value is -2.29. The monoisotopic (exact) mass is 283 g/mol. The maximum absolute atomic E-state index is 11.6. The van der Waals surface area contributed by atoms with Gasteiger partial charge in [0, 0.05) is 12.1 Å². The summed E-state index contributed by atoms with van der Waals surface area (Å²) in [5.41, 5.74) is 4.19. The second-order valence-electron chi connectivity index (χ2n) is 5.19. The van der Waals surface area contributed by atoms with Gasteiger partial charge in [0.05, 0.1) is 0 Å². The average molecular weight is 283 g/mol. The normalized spacial score (nSPS) is 11.9. The number of carboxylic acids is 1. The zero-order chi connectivity index (χ0) is 15.2. The van der Waals surface area contributed by atoms with Gasteiger partial charge in [0.25, 0.3) is 0 Å². The van der Waals surface area contributed by atoms with Gasteiger partial charge in [0.15, 0.2) is 0 Å². The van der Waals surface area contributed by atoms with Crippen LogP contribution in [0, 0.1) is 6.92 Å². The highest BCUT2D eigenvalue weighted by molar-refractivity contribution is 5.78. The van der Waals surface area contributed by atoms with Gasteiger partial charge >= 0.3 is 5.97 Å². The Morgan fingerprint density at radius 2 is 1.86 bits per heavy atom. The van der Waals surface area contributed by atoms with E-state index in [1.807, 2.05) is 55.5 Å². The maximum atomic E-state index is 11.6. The third-order valence-electron chi connectivity index (χ3n) is 3.64. The lowest BCUT2D eigenvalue weighted by Gasteiger charge is -2.20. The van der Waals surface area contributed by atoms with Crippen molar-refractivity contribution in [1.82, 2.24) is 0 Å². The Balaban J connectivity index is 2.23. The summed E-state index contributed by atoms with van der Waals surface area (Å²) in [6.07, 6.45) is 1.34. The Labute approximate surface area is 125 Å². The second-order valence-corrected chi connectivity index (χ2v) is 5.19. The van der Waals surface area contributed by atoms with Crippen LogP contribution >= 0.6 is 0 Å². The number of aliphatic carboxylic acids is 1. The lowest BCUT2D eigenvalue weighted by Crippen LogP contribution is -2.32. The number of benzene rings is 2. The standard InChI is InChI=1S/C18H21NO2/c1-3-15-11-7-8-13(2)17(15)19-16(18(20)21)12-14-9-5-4-6-10-14/h4-11,16,19H,3,12H2,1-2H3,(H,20,21)/t16-/m0/s1. The molecule has 0 aliphatic heterocycles. The van der Waals surface area contributed by atoms with Gasteiger partial charge in [0.1, 0.15) is 6.04 Å². The Kier molecular flexibility index (Phi) is 4.99. The lowest BCUT2D eigenvalue weighted by atomic mass is 10.0. The SMILES string of the molecule is CCc1cccc(C)c1N[C@@H](Cc1ccccc1)C(=O)O. The van der Waals surface area contributed by atoms with Crippen molar-refractivity contribution in [2.75, 3.05) is 5.32 Å². The van der Waals surface area contributed by atoms with E-state index in [0.29, 0.717) is 6.42 Å². The fourth-order valence-corrected chi connectivity index (χ4v) is 2.45. The number of carboxylic acid groups (broad SMARTS) is 1. The van der Waals surface area contributed by atoms with Crippen LogP contribution in [-0.4, -0.2) is 17.1 Å². The Morgan fingerprint density at radius 3 is 2.48 bits per heavy atom. The predicted octanol–water partition coefficient (Wildman–Crippen LogP) is 3.67. The van der Waals surface area contributed by atoms with Crippen LogP contribution < -0.4 is 5.32 Å². The first-order valence-corrected chi connectivity index (χ1v) is 7.23. The topological polar surface area (TPSA) is 49.3 Å². The maximum Gasteiger partial charge on any atom is 0.326 e. The molecule has 0 saturated carbocycles. The van der Waals surface area contributed by atoms with Gasteiger partial charge in [-0.3, -0.25) is 0 Å². The number of nitrogens with one attached hydrogen (secondary N) is 1. The summed E-state index contributed by atoms with van der Waals surface area (Å²) in [5.74, 6) is -0.829. The molecule has 0 aliphatic rings. The van der Waals surface area contributed by atoms with Gasteiger partial charge in [-0.1, -0.05) is 55.5 Å². The van der Waals surface area contributed by atoms with Gasteiger partial charge < -0.3 is 10.4 Å². The molecule has 0 aliphatic carbocycles. The molecule has 0 aromatic heterocycles. The molecule has 2 aromatic carbocycles. The van der Waals surface area contributed by atoms with E-state index in [4.69, 9.17) is 0 Å². The zero-order valence-electron chi connectivity index (χ0n) is 12.5. The summed E-state index contributed by atoms with van der Waals surface area (Å²) < 4.78 is 0. The molecule has 21 heavy (non-hydrogen) atoms. The van der Waals surface area contributed by atoms with Crippen LogP contribution in [0.1, 0.15) is 23.6 Å². The molecule has 0 bridgehead atoms. The number of para-hydroxylation sites is 1. The molecule has 2 aromatic rings. The molecule has 2 N–H and O–H groups in total. The molecule has 0 amide bonds. The minimum absolute atomic E-state index is 0.466. The van der Waals surface area contributed by atoms with Crippen LogP contribution in [0.25, 0.3) is 0 Å². The number of anilines is 1. The molecule has 0 radical (unpaired) electrons. The van der Waals surface area contributed by atoms with E-state index in [0.717, 1.165) is 28.8 Å². The summed E-state index contributed by atoms with van der Waals surface area (Å²) in [7, 11) is 0. The van der Waals surface area contributed by atoms with Crippen molar-refractivity contribution in [2.45, 2.75) is 32.7 Å². The smallest absolute Gasteiger partial charge is 0.326 e. The molecule has 110 valence electrons. The molecular weight excluding hydrogens is 262 g/mol. The number of hydrogen-bond donors (Lipinski definition) is 2. The molecule has 1 atom stereocenters. The number of carbonyl (C=O) groups is 1. The first-order chi connectivity index (χ1) is 10.1. The quantitative estimate of drug-likeness (QED) is 0.850. The van der Waals surface area contributed by atoms with Crippen LogP contribution in [0.2, 0.25) is 0 Å². The van der Waals surface area contributed by atoms with E-state index in [1.165, 1.54) is 0 Å². The minimum Gasteiger partial charge on any atom is -0.480 e. The zero-order valence-corrected chi connectivity index (χ0v) is 12.5. The highest BCUT2D eigenvalue weighted by atomic mass is 16.4.